The van der Waals surface area contributed by atoms with Crippen molar-refractivity contribution in [1.82, 2.24) is 20.1 Å². The summed E-state index contributed by atoms with van der Waals surface area (Å²) in [6.07, 6.45) is 1.87. The lowest BCUT2D eigenvalue weighted by molar-refractivity contribution is 0.231. The molecule has 3 rings (SSSR count). The summed E-state index contributed by atoms with van der Waals surface area (Å²) >= 11 is 0. The maximum Gasteiger partial charge on any atom is 0.167 e. The summed E-state index contributed by atoms with van der Waals surface area (Å²) in [6, 6.07) is 2.55. The Morgan fingerprint density at radius 3 is 2.91 bits per heavy atom. The molecule has 22 heavy (non-hydrogen) atoms. The van der Waals surface area contributed by atoms with Crippen LogP contribution in [0.2, 0.25) is 0 Å². The van der Waals surface area contributed by atoms with E-state index < -0.39 is 11.6 Å². The van der Waals surface area contributed by atoms with Gasteiger partial charge in [-0.1, -0.05) is 0 Å². The van der Waals surface area contributed by atoms with E-state index in [9.17, 15) is 8.78 Å². The van der Waals surface area contributed by atoms with Crippen molar-refractivity contribution in [3.05, 3.63) is 41.0 Å². The van der Waals surface area contributed by atoms with Crippen molar-refractivity contribution in [3.63, 3.8) is 0 Å². The first-order valence-electron chi connectivity index (χ1n) is 7.24. The number of likely N-dealkylation sites (tertiary alicyclic amines) is 1. The van der Waals surface area contributed by atoms with Gasteiger partial charge >= 0.3 is 0 Å². The van der Waals surface area contributed by atoms with Gasteiger partial charge in [0.15, 0.2) is 17.5 Å². The van der Waals surface area contributed by atoms with Gasteiger partial charge in [0.2, 0.25) is 0 Å². The zero-order valence-electron chi connectivity index (χ0n) is 12.6. The van der Waals surface area contributed by atoms with Gasteiger partial charge in [0, 0.05) is 12.1 Å². The highest BCUT2D eigenvalue weighted by Crippen LogP contribution is 2.34. The Balaban J connectivity index is 1.87. The predicted octanol–water partition coefficient (Wildman–Crippen LogP) is 2.74. The first kappa shape index (κ1) is 14.9. The minimum absolute atomic E-state index is 0.0114. The highest BCUT2D eigenvalue weighted by molar-refractivity contribution is 5.35. The summed E-state index contributed by atoms with van der Waals surface area (Å²) in [5.41, 5.74) is 0.238. The Bertz CT molecular complexity index is 674. The largest absolute Gasteiger partial charge is 0.496 e. The van der Waals surface area contributed by atoms with Crippen molar-refractivity contribution in [3.8, 4) is 5.75 Å². The molecule has 1 aromatic carbocycles. The predicted molar refractivity (Wildman–Crippen MR) is 76.4 cm³/mol. The van der Waals surface area contributed by atoms with Crippen molar-refractivity contribution in [2.24, 2.45) is 0 Å². The summed E-state index contributed by atoms with van der Waals surface area (Å²) in [5.74, 6) is 0.0920. The average molecular weight is 308 g/mol. The molecule has 5 nitrogen and oxygen atoms in total. The van der Waals surface area contributed by atoms with E-state index in [0.717, 1.165) is 31.3 Å². The number of H-pyrrole nitrogens is 1. The fourth-order valence-electron chi connectivity index (χ4n) is 2.93. The molecule has 1 atom stereocenters. The summed E-state index contributed by atoms with van der Waals surface area (Å²) in [7, 11) is 1.45. The highest BCUT2D eigenvalue weighted by atomic mass is 19.2. The van der Waals surface area contributed by atoms with Crippen LogP contribution >= 0.6 is 0 Å². The molecular weight excluding hydrogens is 290 g/mol. The number of hydrogen-bond donors (Lipinski definition) is 1. The lowest BCUT2D eigenvalue weighted by Gasteiger charge is -2.23. The molecule has 1 saturated heterocycles. The molecule has 118 valence electrons. The highest BCUT2D eigenvalue weighted by Gasteiger charge is 2.30. The molecule has 0 saturated carbocycles. The first-order valence-corrected chi connectivity index (χ1v) is 7.24. The second-order valence-corrected chi connectivity index (χ2v) is 5.45. The monoisotopic (exact) mass is 308 g/mol. The van der Waals surface area contributed by atoms with Crippen molar-refractivity contribution in [2.45, 2.75) is 32.4 Å². The van der Waals surface area contributed by atoms with Gasteiger partial charge in [-0.15, -0.1) is 0 Å². The third-order valence-corrected chi connectivity index (χ3v) is 4.01. The van der Waals surface area contributed by atoms with Crippen LogP contribution in [0.4, 0.5) is 8.78 Å². The summed E-state index contributed by atoms with van der Waals surface area (Å²) < 4.78 is 32.8. The lowest BCUT2D eigenvalue weighted by atomic mass is 10.1. The number of halogens is 2. The standard InChI is InChI=1S/C15H18F2N4O/c1-9-18-15(20-19-9)12-4-3-7-21(12)8-10-13(22-2)6-5-11(16)14(10)17/h5-6,12H,3-4,7-8H2,1-2H3,(H,18,19,20)/t12-/m0/s1. The van der Waals surface area contributed by atoms with Crippen LogP contribution in [0.25, 0.3) is 0 Å². The third kappa shape index (κ3) is 2.68. The Hall–Kier alpha value is -2.02. The number of aromatic nitrogens is 3. The van der Waals surface area contributed by atoms with Crippen LogP contribution in [0.5, 0.6) is 5.75 Å². The van der Waals surface area contributed by atoms with Crippen LogP contribution < -0.4 is 4.74 Å². The SMILES string of the molecule is COc1ccc(F)c(F)c1CN1CCC[C@H]1c1n[nH]c(C)n1. The average Bonchev–Trinajstić information content (AvgIpc) is 3.13. The Morgan fingerprint density at radius 2 is 2.23 bits per heavy atom. The van der Waals surface area contributed by atoms with E-state index in [2.05, 4.69) is 20.1 Å². The van der Waals surface area contributed by atoms with Gasteiger partial charge in [-0.25, -0.2) is 13.8 Å². The molecule has 2 aromatic rings. The maximum atomic E-state index is 14.1. The summed E-state index contributed by atoms with van der Waals surface area (Å²) in [5, 5.41) is 7.02. The van der Waals surface area contributed by atoms with Gasteiger partial charge in [0.25, 0.3) is 0 Å². The van der Waals surface area contributed by atoms with Gasteiger partial charge in [0.05, 0.1) is 13.2 Å². The van der Waals surface area contributed by atoms with E-state index in [-0.39, 0.29) is 18.2 Å². The van der Waals surface area contributed by atoms with Gasteiger partial charge in [0.1, 0.15) is 11.6 Å². The number of aromatic amines is 1. The molecule has 0 amide bonds. The number of rotatable bonds is 4. The summed E-state index contributed by atoms with van der Waals surface area (Å²) in [4.78, 5) is 6.42. The first-order chi connectivity index (χ1) is 10.6. The van der Waals surface area contributed by atoms with E-state index in [4.69, 9.17) is 4.74 Å². The molecule has 0 bridgehead atoms. The van der Waals surface area contributed by atoms with E-state index in [1.165, 1.54) is 13.2 Å². The minimum atomic E-state index is -0.861. The number of nitrogens with zero attached hydrogens (tertiary/aromatic N) is 3. The van der Waals surface area contributed by atoms with Crippen LogP contribution in [-0.4, -0.2) is 33.7 Å². The van der Waals surface area contributed by atoms with Crippen molar-refractivity contribution in [2.75, 3.05) is 13.7 Å². The van der Waals surface area contributed by atoms with E-state index >= 15 is 0 Å². The molecule has 0 spiro atoms. The van der Waals surface area contributed by atoms with E-state index in [1.54, 1.807) is 0 Å². The minimum Gasteiger partial charge on any atom is -0.496 e. The second-order valence-electron chi connectivity index (χ2n) is 5.45. The van der Waals surface area contributed by atoms with Gasteiger partial charge in [-0.05, 0) is 38.4 Å². The van der Waals surface area contributed by atoms with Crippen LogP contribution in [0.3, 0.4) is 0 Å². The van der Waals surface area contributed by atoms with Crippen LogP contribution in [0, 0.1) is 18.6 Å². The number of benzene rings is 1. The van der Waals surface area contributed by atoms with Crippen molar-refractivity contribution in [1.29, 1.82) is 0 Å². The molecule has 1 aromatic heterocycles. The van der Waals surface area contributed by atoms with Crippen LogP contribution in [-0.2, 0) is 6.54 Å². The number of hydrogen-bond acceptors (Lipinski definition) is 4. The molecule has 0 radical (unpaired) electrons. The van der Waals surface area contributed by atoms with Crippen LogP contribution in [0.1, 0.15) is 36.1 Å². The quantitative estimate of drug-likeness (QED) is 0.943. The molecule has 0 unspecified atom stereocenters. The smallest absolute Gasteiger partial charge is 0.167 e. The normalized spacial score (nSPS) is 18.8. The third-order valence-electron chi connectivity index (χ3n) is 4.01. The second kappa shape index (κ2) is 6.00. The van der Waals surface area contributed by atoms with Gasteiger partial charge in [-0.3, -0.25) is 10.00 Å². The fourth-order valence-corrected chi connectivity index (χ4v) is 2.93. The molecule has 1 aliphatic heterocycles. The molecule has 1 N–H and O–H groups in total. The van der Waals surface area contributed by atoms with Crippen molar-refractivity contribution < 1.29 is 13.5 Å². The molecule has 1 fully saturated rings. The number of ether oxygens (including phenoxy) is 1. The number of methoxy groups -OCH3 is 1. The maximum absolute atomic E-state index is 14.1. The van der Waals surface area contributed by atoms with E-state index in [1.807, 2.05) is 6.92 Å². The Kier molecular flexibility index (Phi) is 4.06. The molecular formula is C15H18F2N4O. The molecule has 2 heterocycles. The van der Waals surface area contributed by atoms with E-state index in [0.29, 0.717) is 11.6 Å². The molecule has 7 heteroatoms. The summed E-state index contributed by atoms with van der Waals surface area (Å²) in [6.45, 7) is 2.90. The Morgan fingerprint density at radius 1 is 1.41 bits per heavy atom. The topological polar surface area (TPSA) is 54.0 Å². The lowest BCUT2D eigenvalue weighted by Crippen LogP contribution is -2.24. The zero-order chi connectivity index (χ0) is 15.7. The fraction of sp³-hybridized carbons (Fsp3) is 0.467. The molecule has 0 aliphatic carbocycles. The Labute approximate surface area is 127 Å². The van der Waals surface area contributed by atoms with Crippen LogP contribution in [0.15, 0.2) is 12.1 Å². The van der Waals surface area contributed by atoms with Crippen molar-refractivity contribution >= 4 is 0 Å². The van der Waals surface area contributed by atoms with Gasteiger partial charge in [-0.2, -0.15) is 5.10 Å². The number of nitrogens with one attached hydrogen (secondary N) is 1. The van der Waals surface area contributed by atoms with Gasteiger partial charge < -0.3 is 4.74 Å². The number of aryl methyl sites for hydroxylation is 1. The zero-order valence-corrected chi connectivity index (χ0v) is 12.6. The molecule has 1 aliphatic rings.